The molecule has 0 unspecified atom stereocenters. The highest BCUT2D eigenvalue weighted by Crippen LogP contribution is 2.33. The van der Waals surface area contributed by atoms with E-state index in [1.165, 1.54) is 24.3 Å². The number of nitrogens with zero attached hydrogens (tertiary/aromatic N) is 1. The van der Waals surface area contributed by atoms with Crippen molar-refractivity contribution in [1.82, 2.24) is 4.98 Å². The molecule has 1 N–H and O–H groups in total. The van der Waals surface area contributed by atoms with Crippen LogP contribution in [0, 0.1) is 0 Å². The predicted molar refractivity (Wildman–Crippen MR) is 78.0 cm³/mol. The third-order valence-electron chi connectivity index (χ3n) is 2.66. The second-order valence-corrected chi connectivity index (χ2v) is 5.27. The molecule has 112 valence electrons. The molecule has 8 heteroatoms. The van der Waals surface area contributed by atoms with E-state index >= 15 is 0 Å². The van der Waals surface area contributed by atoms with Crippen LogP contribution in [-0.2, 0) is 12.7 Å². The molecule has 2 nitrogen and oxygen atoms in total. The molecule has 0 amide bonds. The van der Waals surface area contributed by atoms with Crippen LogP contribution >= 0.6 is 34.8 Å². The van der Waals surface area contributed by atoms with Gasteiger partial charge >= 0.3 is 6.18 Å². The lowest BCUT2D eigenvalue weighted by Crippen LogP contribution is -2.12. The molecular weight excluding hydrogens is 348 g/mol. The fraction of sp³-hybridized carbons (Fsp3) is 0.154. The maximum Gasteiger partial charge on any atom is 0.416 e. The van der Waals surface area contributed by atoms with Crippen molar-refractivity contribution in [2.75, 3.05) is 5.32 Å². The monoisotopic (exact) mass is 354 g/mol. The van der Waals surface area contributed by atoms with Crippen LogP contribution in [0.5, 0.6) is 0 Å². The summed E-state index contributed by atoms with van der Waals surface area (Å²) in [4.78, 5) is 3.89. The summed E-state index contributed by atoms with van der Waals surface area (Å²) < 4.78 is 38.6. The Labute approximate surface area is 133 Å². The second kappa shape index (κ2) is 6.30. The zero-order chi connectivity index (χ0) is 15.6. The summed E-state index contributed by atoms with van der Waals surface area (Å²) in [5.41, 5.74) is -0.636. The van der Waals surface area contributed by atoms with Crippen LogP contribution in [-0.4, -0.2) is 4.98 Å². The van der Waals surface area contributed by atoms with E-state index in [0.29, 0.717) is 0 Å². The molecule has 0 aliphatic heterocycles. The number of hydrogen-bond acceptors (Lipinski definition) is 2. The Morgan fingerprint density at radius 2 is 1.71 bits per heavy atom. The molecule has 0 saturated heterocycles. The van der Waals surface area contributed by atoms with E-state index in [9.17, 15) is 13.2 Å². The maximum absolute atomic E-state index is 12.9. The normalized spacial score (nSPS) is 11.5. The summed E-state index contributed by atoms with van der Waals surface area (Å²) >= 11 is 17.4. The van der Waals surface area contributed by atoms with Gasteiger partial charge in [-0.3, -0.25) is 0 Å². The van der Waals surface area contributed by atoms with Gasteiger partial charge in [0.25, 0.3) is 0 Å². The average molecular weight is 356 g/mol. The lowest BCUT2D eigenvalue weighted by atomic mass is 10.1. The van der Waals surface area contributed by atoms with Crippen molar-refractivity contribution < 1.29 is 13.2 Å². The van der Waals surface area contributed by atoms with Gasteiger partial charge in [0.05, 0.1) is 15.6 Å². The van der Waals surface area contributed by atoms with Gasteiger partial charge in [0.1, 0.15) is 11.0 Å². The Hall–Kier alpha value is -1.17. The number of aromatic nitrogens is 1. The molecule has 0 radical (unpaired) electrons. The Morgan fingerprint density at radius 1 is 1.05 bits per heavy atom. The van der Waals surface area contributed by atoms with E-state index in [0.717, 1.165) is 6.07 Å². The number of rotatable bonds is 3. The summed E-state index contributed by atoms with van der Waals surface area (Å²) in [6.07, 6.45) is -4.42. The third kappa shape index (κ3) is 3.93. The molecule has 0 fully saturated rings. The molecule has 0 saturated carbocycles. The fourth-order valence-electron chi connectivity index (χ4n) is 1.70. The van der Waals surface area contributed by atoms with Crippen LogP contribution in [0.2, 0.25) is 15.2 Å². The minimum absolute atomic E-state index is 0.0210. The quantitative estimate of drug-likeness (QED) is 0.717. The van der Waals surface area contributed by atoms with Gasteiger partial charge in [-0.1, -0.05) is 53.0 Å². The summed E-state index contributed by atoms with van der Waals surface area (Å²) in [5, 5.41) is 3.09. The topological polar surface area (TPSA) is 24.9 Å². The molecular formula is C13H8Cl3F3N2. The van der Waals surface area contributed by atoms with Gasteiger partial charge in [-0.2, -0.15) is 13.2 Å². The lowest BCUT2D eigenvalue weighted by Gasteiger charge is -2.14. The molecule has 0 aliphatic carbocycles. The first-order chi connectivity index (χ1) is 9.79. The summed E-state index contributed by atoms with van der Waals surface area (Å²) in [6.45, 7) is -0.0969. The third-order valence-corrected chi connectivity index (χ3v) is 3.62. The van der Waals surface area contributed by atoms with Crippen molar-refractivity contribution >= 4 is 40.6 Å². The highest BCUT2D eigenvalue weighted by molar-refractivity contribution is 6.42. The van der Waals surface area contributed by atoms with Crippen molar-refractivity contribution in [3.8, 4) is 0 Å². The fourth-order valence-corrected chi connectivity index (χ4v) is 2.26. The van der Waals surface area contributed by atoms with Crippen molar-refractivity contribution in [1.29, 1.82) is 0 Å². The Kier molecular flexibility index (Phi) is 4.86. The molecule has 0 bridgehead atoms. The van der Waals surface area contributed by atoms with Crippen molar-refractivity contribution in [3.05, 3.63) is 56.7 Å². The minimum Gasteiger partial charge on any atom is -0.365 e. The van der Waals surface area contributed by atoms with Gasteiger partial charge in [-0.05, 0) is 17.7 Å². The molecule has 1 aromatic carbocycles. The number of hydrogen-bond donors (Lipinski definition) is 1. The van der Waals surface area contributed by atoms with Crippen LogP contribution in [0.4, 0.5) is 19.0 Å². The van der Waals surface area contributed by atoms with Gasteiger partial charge in [0.2, 0.25) is 0 Å². The number of pyridine rings is 1. The van der Waals surface area contributed by atoms with Crippen molar-refractivity contribution in [3.63, 3.8) is 0 Å². The Bertz CT molecular complexity index is 660. The molecule has 1 aromatic heterocycles. The van der Waals surface area contributed by atoms with E-state index < -0.39 is 11.7 Å². The van der Waals surface area contributed by atoms with Gasteiger partial charge in [0, 0.05) is 6.54 Å². The maximum atomic E-state index is 12.9. The molecule has 2 aromatic rings. The summed E-state index contributed by atoms with van der Waals surface area (Å²) in [7, 11) is 0. The van der Waals surface area contributed by atoms with Crippen LogP contribution in [0.15, 0.2) is 30.3 Å². The van der Waals surface area contributed by atoms with E-state index in [1.807, 2.05) is 0 Å². The van der Waals surface area contributed by atoms with E-state index in [-0.39, 0.29) is 33.1 Å². The van der Waals surface area contributed by atoms with E-state index in [2.05, 4.69) is 10.3 Å². The molecule has 1 heterocycles. The van der Waals surface area contributed by atoms with E-state index in [4.69, 9.17) is 34.8 Å². The number of halogens is 6. The summed E-state index contributed by atoms with van der Waals surface area (Å²) in [6, 6.07) is 6.62. The lowest BCUT2D eigenvalue weighted by molar-refractivity contribution is -0.138. The van der Waals surface area contributed by atoms with Crippen molar-refractivity contribution in [2.24, 2.45) is 0 Å². The molecule has 0 atom stereocenters. The second-order valence-electron chi connectivity index (χ2n) is 4.10. The zero-order valence-electron chi connectivity index (χ0n) is 10.3. The van der Waals surface area contributed by atoms with Crippen LogP contribution in [0.25, 0.3) is 0 Å². The SMILES string of the molecule is FC(F)(F)c1ccccc1CNc1nc(Cl)c(Cl)cc1Cl. The number of alkyl halides is 3. The average Bonchev–Trinajstić information content (AvgIpc) is 2.41. The Morgan fingerprint density at radius 3 is 2.38 bits per heavy atom. The van der Waals surface area contributed by atoms with Crippen LogP contribution in [0.1, 0.15) is 11.1 Å². The molecule has 0 spiro atoms. The predicted octanol–water partition coefficient (Wildman–Crippen LogP) is 5.67. The van der Waals surface area contributed by atoms with Gasteiger partial charge < -0.3 is 5.32 Å². The summed E-state index contributed by atoms with van der Waals surface area (Å²) in [5.74, 6) is 0.169. The smallest absolute Gasteiger partial charge is 0.365 e. The largest absolute Gasteiger partial charge is 0.416 e. The van der Waals surface area contributed by atoms with E-state index in [1.54, 1.807) is 0 Å². The first-order valence-corrected chi connectivity index (χ1v) is 6.83. The standard InChI is InChI=1S/C13H8Cl3F3N2/c14-9-5-10(15)12(21-11(9)16)20-6-7-3-1-2-4-8(7)13(17,18)19/h1-5H,6H2,(H,20,21). The van der Waals surface area contributed by atoms with Gasteiger partial charge in [-0.25, -0.2) is 4.98 Å². The number of anilines is 1. The minimum atomic E-state index is -4.42. The van der Waals surface area contributed by atoms with Crippen LogP contribution < -0.4 is 5.32 Å². The van der Waals surface area contributed by atoms with Crippen molar-refractivity contribution in [2.45, 2.75) is 12.7 Å². The first-order valence-electron chi connectivity index (χ1n) is 5.69. The van der Waals surface area contributed by atoms with Gasteiger partial charge in [0.15, 0.2) is 0 Å². The number of benzene rings is 1. The first kappa shape index (κ1) is 16.2. The highest BCUT2D eigenvalue weighted by atomic mass is 35.5. The number of nitrogens with one attached hydrogen (secondary N) is 1. The molecule has 21 heavy (non-hydrogen) atoms. The van der Waals surface area contributed by atoms with Gasteiger partial charge in [-0.15, -0.1) is 0 Å². The molecule has 2 rings (SSSR count). The zero-order valence-corrected chi connectivity index (χ0v) is 12.6. The molecule has 0 aliphatic rings. The Balaban J connectivity index is 2.23. The van der Waals surface area contributed by atoms with Crippen LogP contribution in [0.3, 0.4) is 0 Å². The highest BCUT2D eigenvalue weighted by Gasteiger charge is 2.32.